The number of methoxy groups -OCH3 is 1. The number of carbonyl (C=O) groups is 1. The Morgan fingerprint density at radius 3 is 2.42 bits per heavy atom. The van der Waals surface area contributed by atoms with Crippen LogP contribution >= 0.6 is 0 Å². The van der Waals surface area contributed by atoms with E-state index in [1.54, 1.807) is 0 Å². The van der Waals surface area contributed by atoms with E-state index in [-0.39, 0.29) is 11.9 Å². The van der Waals surface area contributed by atoms with Crippen LogP contribution in [-0.2, 0) is 9.53 Å². The van der Waals surface area contributed by atoms with Gasteiger partial charge in [0, 0.05) is 6.54 Å². The molecule has 3 heteroatoms. The summed E-state index contributed by atoms with van der Waals surface area (Å²) in [5.41, 5.74) is 7.20. The smallest absolute Gasteiger partial charge is 0.308 e. The Morgan fingerprint density at radius 2 is 2.00 bits per heavy atom. The zero-order chi connectivity index (χ0) is 8.97. The minimum atomic E-state index is -0.0709. The lowest BCUT2D eigenvalue weighted by atomic mass is 9.82. The molecule has 0 heterocycles. The average Bonchev–Trinajstić information content (AvgIpc) is 2.17. The van der Waals surface area contributed by atoms with E-state index in [4.69, 9.17) is 5.73 Å². The molecular weight excluding hydrogens is 154 g/mol. The molecule has 1 fully saturated rings. The van der Waals surface area contributed by atoms with Gasteiger partial charge in [0.15, 0.2) is 0 Å². The van der Waals surface area contributed by atoms with Crippen molar-refractivity contribution < 1.29 is 9.53 Å². The quantitative estimate of drug-likeness (QED) is 0.585. The SMILES string of the molecule is COC(=O)[C@H]1CC[C@H](C[NH])CC1. The normalized spacial score (nSPS) is 29.8. The highest BCUT2D eigenvalue weighted by atomic mass is 16.5. The minimum Gasteiger partial charge on any atom is -0.469 e. The molecule has 1 saturated carbocycles. The summed E-state index contributed by atoms with van der Waals surface area (Å²) in [6, 6.07) is 0. The van der Waals surface area contributed by atoms with Gasteiger partial charge in [0.2, 0.25) is 0 Å². The lowest BCUT2D eigenvalue weighted by Crippen LogP contribution is -2.24. The number of carbonyl (C=O) groups excluding carboxylic acids is 1. The van der Waals surface area contributed by atoms with Gasteiger partial charge in [0.1, 0.15) is 0 Å². The molecule has 0 spiro atoms. The summed E-state index contributed by atoms with van der Waals surface area (Å²) in [6.07, 6.45) is 3.86. The second kappa shape index (κ2) is 4.45. The molecule has 0 aliphatic heterocycles. The Kier molecular flexibility index (Phi) is 3.53. The van der Waals surface area contributed by atoms with Crippen LogP contribution in [0.4, 0.5) is 0 Å². The summed E-state index contributed by atoms with van der Waals surface area (Å²) >= 11 is 0. The molecular formula is C9H16NO2. The van der Waals surface area contributed by atoms with Gasteiger partial charge in [-0.05, 0) is 31.6 Å². The second-order valence-electron chi connectivity index (χ2n) is 3.44. The zero-order valence-electron chi connectivity index (χ0n) is 7.51. The summed E-state index contributed by atoms with van der Waals surface area (Å²) in [7, 11) is 1.44. The first-order valence-corrected chi connectivity index (χ1v) is 4.50. The third-order valence-corrected chi connectivity index (χ3v) is 2.67. The van der Waals surface area contributed by atoms with Gasteiger partial charge in [0.05, 0.1) is 13.0 Å². The van der Waals surface area contributed by atoms with Gasteiger partial charge in [-0.25, -0.2) is 0 Å². The first kappa shape index (κ1) is 9.52. The molecule has 1 rings (SSSR count). The fraction of sp³-hybridized carbons (Fsp3) is 0.889. The van der Waals surface area contributed by atoms with Crippen LogP contribution in [0, 0.1) is 11.8 Å². The summed E-state index contributed by atoms with van der Waals surface area (Å²) in [4.78, 5) is 11.1. The molecule has 0 aromatic rings. The molecule has 0 amide bonds. The van der Waals surface area contributed by atoms with E-state index in [0.29, 0.717) is 12.5 Å². The fourth-order valence-electron chi connectivity index (χ4n) is 1.77. The first-order chi connectivity index (χ1) is 5.77. The topological polar surface area (TPSA) is 50.1 Å². The van der Waals surface area contributed by atoms with E-state index in [1.165, 1.54) is 7.11 Å². The Labute approximate surface area is 73.3 Å². The van der Waals surface area contributed by atoms with Crippen LogP contribution < -0.4 is 5.73 Å². The second-order valence-corrected chi connectivity index (χ2v) is 3.44. The molecule has 0 bridgehead atoms. The molecule has 3 nitrogen and oxygen atoms in total. The van der Waals surface area contributed by atoms with E-state index >= 15 is 0 Å². The number of esters is 1. The van der Waals surface area contributed by atoms with Crippen molar-refractivity contribution in [2.75, 3.05) is 13.7 Å². The van der Waals surface area contributed by atoms with Gasteiger partial charge < -0.3 is 4.74 Å². The monoisotopic (exact) mass is 170 g/mol. The standard InChI is InChI=1S/C9H16NO2/c1-12-9(11)8-4-2-7(6-10)3-5-8/h7-8,10H,2-6H2,1H3/t7-,8-. The van der Waals surface area contributed by atoms with Crippen molar-refractivity contribution in [1.29, 1.82) is 0 Å². The van der Waals surface area contributed by atoms with E-state index in [1.807, 2.05) is 0 Å². The average molecular weight is 170 g/mol. The van der Waals surface area contributed by atoms with E-state index in [2.05, 4.69) is 4.74 Å². The van der Waals surface area contributed by atoms with Crippen LogP contribution in [0.1, 0.15) is 25.7 Å². The maximum atomic E-state index is 11.1. The zero-order valence-corrected chi connectivity index (χ0v) is 7.51. The highest BCUT2D eigenvalue weighted by Crippen LogP contribution is 2.28. The van der Waals surface area contributed by atoms with Crippen molar-refractivity contribution in [3.8, 4) is 0 Å². The maximum Gasteiger partial charge on any atom is 0.308 e. The summed E-state index contributed by atoms with van der Waals surface area (Å²) in [5, 5.41) is 0. The van der Waals surface area contributed by atoms with Gasteiger partial charge >= 0.3 is 5.97 Å². The molecule has 0 atom stereocenters. The van der Waals surface area contributed by atoms with E-state index in [0.717, 1.165) is 25.7 Å². The third-order valence-electron chi connectivity index (χ3n) is 2.67. The van der Waals surface area contributed by atoms with Gasteiger partial charge in [0.25, 0.3) is 0 Å². The predicted molar refractivity (Wildman–Crippen MR) is 45.4 cm³/mol. The summed E-state index contributed by atoms with van der Waals surface area (Å²) in [6.45, 7) is 0.508. The minimum absolute atomic E-state index is 0.0709. The van der Waals surface area contributed by atoms with Crippen LogP contribution in [0.3, 0.4) is 0 Å². The van der Waals surface area contributed by atoms with Crippen molar-refractivity contribution in [1.82, 2.24) is 5.73 Å². The van der Waals surface area contributed by atoms with Gasteiger partial charge in [-0.3, -0.25) is 10.5 Å². The Morgan fingerprint density at radius 1 is 1.42 bits per heavy atom. The van der Waals surface area contributed by atoms with Crippen molar-refractivity contribution in [2.45, 2.75) is 25.7 Å². The number of nitrogens with one attached hydrogen (secondary N) is 1. The molecule has 1 radical (unpaired) electrons. The molecule has 1 N–H and O–H groups in total. The number of hydrogen-bond acceptors (Lipinski definition) is 2. The summed E-state index contributed by atoms with van der Waals surface area (Å²) < 4.78 is 4.67. The van der Waals surface area contributed by atoms with Crippen LogP contribution in [0.2, 0.25) is 0 Å². The molecule has 1 aliphatic rings. The Hall–Kier alpha value is -0.570. The van der Waals surface area contributed by atoms with Gasteiger partial charge in [-0.15, -0.1) is 0 Å². The Balaban J connectivity index is 2.30. The number of hydrogen-bond donors (Lipinski definition) is 0. The van der Waals surface area contributed by atoms with Gasteiger partial charge in [-0.2, -0.15) is 0 Å². The Bertz CT molecular complexity index is 151. The van der Waals surface area contributed by atoms with Crippen LogP contribution in [0.5, 0.6) is 0 Å². The van der Waals surface area contributed by atoms with Crippen molar-refractivity contribution in [2.24, 2.45) is 11.8 Å². The maximum absolute atomic E-state index is 11.1. The molecule has 69 valence electrons. The van der Waals surface area contributed by atoms with Crippen LogP contribution in [-0.4, -0.2) is 19.6 Å². The van der Waals surface area contributed by atoms with E-state index in [9.17, 15) is 4.79 Å². The molecule has 0 aromatic carbocycles. The molecule has 0 aromatic heterocycles. The largest absolute Gasteiger partial charge is 0.469 e. The molecule has 12 heavy (non-hydrogen) atoms. The van der Waals surface area contributed by atoms with Crippen molar-refractivity contribution >= 4 is 5.97 Å². The third kappa shape index (κ3) is 2.21. The summed E-state index contributed by atoms with van der Waals surface area (Å²) in [5.74, 6) is 0.558. The number of ether oxygens (including phenoxy) is 1. The first-order valence-electron chi connectivity index (χ1n) is 4.50. The van der Waals surface area contributed by atoms with Gasteiger partial charge in [-0.1, -0.05) is 0 Å². The van der Waals surface area contributed by atoms with E-state index < -0.39 is 0 Å². The molecule has 0 unspecified atom stereocenters. The highest BCUT2D eigenvalue weighted by Gasteiger charge is 2.25. The number of rotatable bonds is 2. The fourth-order valence-corrected chi connectivity index (χ4v) is 1.77. The van der Waals surface area contributed by atoms with Crippen LogP contribution in [0.15, 0.2) is 0 Å². The molecule has 0 saturated heterocycles. The lowest BCUT2D eigenvalue weighted by molar-refractivity contribution is -0.146. The van der Waals surface area contributed by atoms with Crippen molar-refractivity contribution in [3.63, 3.8) is 0 Å². The highest BCUT2D eigenvalue weighted by molar-refractivity contribution is 5.72. The van der Waals surface area contributed by atoms with Crippen molar-refractivity contribution in [3.05, 3.63) is 0 Å². The predicted octanol–water partition coefficient (Wildman–Crippen LogP) is 1.25. The molecule has 1 aliphatic carbocycles. The lowest BCUT2D eigenvalue weighted by Gasteiger charge is -2.25. The van der Waals surface area contributed by atoms with Crippen LogP contribution in [0.25, 0.3) is 0 Å².